The van der Waals surface area contributed by atoms with E-state index in [4.69, 9.17) is 8.83 Å². The lowest BCUT2D eigenvalue weighted by atomic mass is 10.0. The molecule has 0 aliphatic carbocycles. The van der Waals surface area contributed by atoms with Crippen molar-refractivity contribution in [2.75, 3.05) is 5.75 Å². The maximum Gasteiger partial charge on any atom is 0.255 e. The number of furan rings is 2. The molecule has 8 heteroatoms. The van der Waals surface area contributed by atoms with Gasteiger partial charge in [0.15, 0.2) is 5.78 Å². The van der Waals surface area contributed by atoms with Gasteiger partial charge in [0, 0.05) is 5.39 Å². The maximum absolute atomic E-state index is 13.3. The average Bonchev–Trinajstić information content (AvgIpc) is 3.50. The fraction of sp³-hybridized carbons (Fsp3) is 0.444. The second kappa shape index (κ2) is 13.2. The van der Waals surface area contributed by atoms with Gasteiger partial charge < -0.3 is 19.5 Å². The first-order chi connectivity index (χ1) is 16.9. The Balaban J connectivity index is 1.66. The molecule has 2 heterocycles. The number of thioether (sulfide) groups is 1. The van der Waals surface area contributed by atoms with E-state index < -0.39 is 12.1 Å². The van der Waals surface area contributed by atoms with Gasteiger partial charge in [0.25, 0.3) is 5.91 Å². The topological polar surface area (TPSA) is 102 Å². The van der Waals surface area contributed by atoms with Crippen molar-refractivity contribution in [3.8, 4) is 0 Å². The van der Waals surface area contributed by atoms with E-state index in [2.05, 4.69) is 10.6 Å². The van der Waals surface area contributed by atoms with Crippen molar-refractivity contribution in [2.45, 2.75) is 64.3 Å². The Hall–Kier alpha value is -3.00. The van der Waals surface area contributed by atoms with E-state index in [1.54, 1.807) is 12.3 Å². The van der Waals surface area contributed by atoms with Crippen LogP contribution in [-0.4, -0.2) is 35.4 Å². The summed E-state index contributed by atoms with van der Waals surface area (Å²) in [5, 5.41) is 6.48. The number of benzene rings is 1. The highest BCUT2D eigenvalue weighted by atomic mass is 32.2. The number of para-hydroxylation sites is 1. The molecule has 188 valence electrons. The first-order valence-electron chi connectivity index (χ1n) is 12.1. The summed E-state index contributed by atoms with van der Waals surface area (Å²) >= 11 is 1.46. The summed E-state index contributed by atoms with van der Waals surface area (Å²) in [6.07, 6.45) is 5.78. The molecule has 3 aromatic rings. The van der Waals surface area contributed by atoms with Gasteiger partial charge >= 0.3 is 0 Å². The summed E-state index contributed by atoms with van der Waals surface area (Å²) in [6, 6.07) is 9.61. The van der Waals surface area contributed by atoms with Gasteiger partial charge in [-0.1, -0.05) is 51.8 Å². The highest BCUT2D eigenvalue weighted by Gasteiger charge is 2.28. The van der Waals surface area contributed by atoms with E-state index in [1.165, 1.54) is 18.0 Å². The van der Waals surface area contributed by atoms with Crippen molar-refractivity contribution in [1.82, 2.24) is 10.6 Å². The van der Waals surface area contributed by atoms with Crippen LogP contribution in [0.15, 0.2) is 57.8 Å². The second-order valence-corrected chi connectivity index (χ2v) is 10.0. The van der Waals surface area contributed by atoms with E-state index >= 15 is 0 Å². The molecule has 1 aromatic carbocycles. The Morgan fingerprint density at radius 3 is 2.51 bits per heavy atom. The van der Waals surface area contributed by atoms with E-state index in [-0.39, 0.29) is 29.3 Å². The van der Waals surface area contributed by atoms with E-state index in [0.29, 0.717) is 35.1 Å². The number of carbonyl (C=O) groups excluding carboxylic acids is 3. The predicted molar refractivity (Wildman–Crippen MR) is 138 cm³/mol. The van der Waals surface area contributed by atoms with Gasteiger partial charge in [-0.15, -0.1) is 11.8 Å². The van der Waals surface area contributed by atoms with Crippen molar-refractivity contribution in [3.05, 3.63) is 60.2 Å². The Labute approximate surface area is 210 Å². The molecule has 0 saturated heterocycles. The van der Waals surface area contributed by atoms with Crippen LogP contribution in [0.1, 0.15) is 62.6 Å². The first-order valence-corrected chi connectivity index (χ1v) is 13.2. The molecule has 0 bridgehead atoms. The van der Waals surface area contributed by atoms with Gasteiger partial charge in [-0.05, 0) is 37.0 Å². The SMILES string of the molecule is CCCCC(NC(=O)C(CC(C)C)NC(=O)c1coc2ccccc12)C(=O)CSCc1ccco1. The molecule has 2 amide bonds. The molecule has 0 aliphatic rings. The molecular formula is C27H34N2O5S. The number of amides is 2. The third-order valence-electron chi connectivity index (χ3n) is 5.67. The van der Waals surface area contributed by atoms with Crippen LogP contribution in [0.3, 0.4) is 0 Å². The van der Waals surface area contributed by atoms with Crippen molar-refractivity contribution in [1.29, 1.82) is 0 Å². The standard InChI is InChI=1S/C27H34N2O5S/c1-4-5-11-22(24(30)17-35-16-19-9-8-13-33-19)28-27(32)23(14-18(2)3)29-26(31)21-15-34-25-12-7-6-10-20(21)25/h6-10,12-13,15,18,22-23H,4-5,11,14,16-17H2,1-3H3,(H,28,32)(H,29,31). The number of nitrogens with one attached hydrogen (secondary N) is 2. The molecule has 0 aliphatic heterocycles. The number of hydrogen-bond donors (Lipinski definition) is 2. The zero-order chi connectivity index (χ0) is 25.2. The third kappa shape index (κ3) is 7.75. The molecule has 35 heavy (non-hydrogen) atoms. The highest BCUT2D eigenvalue weighted by molar-refractivity contribution is 7.99. The van der Waals surface area contributed by atoms with Crippen LogP contribution in [-0.2, 0) is 15.3 Å². The van der Waals surface area contributed by atoms with Gasteiger partial charge in [0.05, 0.1) is 29.4 Å². The van der Waals surface area contributed by atoms with Gasteiger partial charge in [-0.2, -0.15) is 0 Å². The molecule has 2 N–H and O–H groups in total. The quantitative estimate of drug-likeness (QED) is 0.311. The minimum atomic E-state index is -0.760. The number of Topliss-reactive ketones (excluding diaryl/α,β-unsaturated/α-hetero) is 1. The molecule has 0 spiro atoms. The van der Waals surface area contributed by atoms with Crippen molar-refractivity contribution in [2.24, 2.45) is 5.92 Å². The lowest BCUT2D eigenvalue weighted by Gasteiger charge is -2.24. The summed E-state index contributed by atoms with van der Waals surface area (Å²) in [5.74, 6) is 1.10. The van der Waals surface area contributed by atoms with Crippen LogP contribution in [0.4, 0.5) is 0 Å². The van der Waals surface area contributed by atoms with Gasteiger partial charge in [0.1, 0.15) is 23.6 Å². The molecule has 2 aromatic heterocycles. The van der Waals surface area contributed by atoms with E-state index in [9.17, 15) is 14.4 Å². The molecule has 7 nitrogen and oxygen atoms in total. The lowest BCUT2D eigenvalue weighted by molar-refractivity contribution is -0.128. The van der Waals surface area contributed by atoms with Crippen LogP contribution >= 0.6 is 11.8 Å². The predicted octanol–water partition coefficient (Wildman–Crippen LogP) is 5.35. The zero-order valence-electron chi connectivity index (χ0n) is 20.5. The molecule has 2 unspecified atom stereocenters. The van der Waals surface area contributed by atoms with E-state index in [0.717, 1.165) is 18.6 Å². The fourth-order valence-electron chi connectivity index (χ4n) is 3.83. The Kier molecular flexibility index (Phi) is 10.0. The van der Waals surface area contributed by atoms with Crippen LogP contribution in [0, 0.1) is 5.92 Å². The Morgan fingerprint density at radius 2 is 1.80 bits per heavy atom. The van der Waals surface area contributed by atoms with Gasteiger partial charge in [-0.3, -0.25) is 14.4 Å². The smallest absolute Gasteiger partial charge is 0.255 e. The molecule has 2 atom stereocenters. The molecule has 3 rings (SSSR count). The molecule has 0 radical (unpaired) electrons. The third-order valence-corrected chi connectivity index (χ3v) is 6.65. The van der Waals surface area contributed by atoms with Crippen LogP contribution in [0.25, 0.3) is 11.0 Å². The van der Waals surface area contributed by atoms with Crippen LogP contribution in [0.2, 0.25) is 0 Å². The summed E-state index contributed by atoms with van der Waals surface area (Å²) in [5.41, 5.74) is 0.995. The van der Waals surface area contributed by atoms with Crippen LogP contribution < -0.4 is 10.6 Å². The summed E-state index contributed by atoms with van der Waals surface area (Å²) in [6.45, 7) is 6.03. The lowest BCUT2D eigenvalue weighted by Crippen LogP contribution is -2.52. The summed E-state index contributed by atoms with van der Waals surface area (Å²) < 4.78 is 10.8. The molecule has 0 saturated carbocycles. The summed E-state index contributed by atoms with van der Waals surface area (Å²) in [4.78, 5) is 39.2. The van der Waals surface area contributed by atoms with Crippen LogP contribution in [0.5, 0.6) is 0 Å². The monoisotopic (exact) mass is 498 g/mol. The number of unbranched alkanes of at least 4 members (excludes halogenated alkanes) is 1. The fourth-order valence-corrected chi connectivity index (χ4v) is 4.70. The number of carbonyl (C=O) groups is 3. The molecule has 0 fully saturated rings. The highest BCUT2D eigenvalue weighted by Crippen LogP contribution is 2.21. The normalized spacial score (nSPS) is 13.0. The minimum Gasteiger partial charge on any atom is -0.468 e. The Morgan fingerprint density at radius 1 is 1.00 bits per heavy atom. The van der Waals surface area contributed by atoms with Gasteiger partial charge in [0.2, 0.25) is 5.91 Å². The Bertz CT molecular complexity index is 1110. The van der Waals surface area contributed by atoms with Crippen molar-refractivity contribution in [3.63, 3.8) is 0 Å². The number of ketones is 1. The van der Waals surface area contributed by atoms with E-state index in [1.807, 2.05) is 51.1 Å². The maximum atomic E-state index is 13.3. The first kappa shape index (κ1) is 26.6. The number of fused-ring (bicyclic) bond motifs is 1. The minimum absolute atomic E-state index is 0.0289. The van der Waals surface area contributed by atoms with Crippen molar-refractivity contribution < 1.29 is 23.2 Å². The summed E-state index contributed by atoms with van der Waals surface area (Å²) in [7, 11) is 0. The average molecular weight is 499 g/mol. The largest absolute Gasteiger partial charge is 0.468 e. The van der Waals surface area contributed by atoms with Gasteiger partial charge in [-0.25, -0.2) is 0 Å². The van der Waals surface area contributed by atoms with Crippen molar-refractivity contribution >= 4 is 40.3 Å². The molecular weight excluding hydrogens is 464 g/mol. The second-order valence-electron chi connectivity index (χ2n) is 9.04. The number of rotatable bonds is 14. The number of hydrogen-bond acceptors (Lipinski definition) is 6. The zero-order valence-corrected chi connectivity index (χ0v) is 21.4.